The molecule has 0 radical (unpaired) electrons. The summed E-state index contributed by atoms with van der Waals surface area (Å²) < 4.78 is 5.18. The molecule has 0 aliphatic carbocycles. The molecule has 116 valence electrons. The van der Waals surface area contributed by atoms with Crippen LogP contribution in [0.2, 0.25) is 5.02 Å². The number of aromatic carboxylic acids is 1. The van der Waals surface area contributed by atoms with Gasteiger partial charge in [0.15, 0.2) is 0 Å². The number of hydrogen-bond acceptors (Lipinski definition) is 4. The summed E-state index contributed by atoms with van der Waals surface area (Å²) in [4.78, 5) is 15.9. The predicted octanol–water partition coefficient (Wildman–Crippen LogP) is 4.34. The number of carbonyl (C=O) groups is 1. The molecule has 0 aliphatic rings. The average molecular weight is 329 g/mol. The molecule has 2 aromatic carbocycles. The molecular formula is C17H13ClN2O3. The molecule has 0 unspecified atom stereocenters. The predicted molar refractivity (Wildman–Crippen MR) is 90.0 cm³/mol. The number of carboxylic acids is 1. The maximum Gasteiger partial charge on any atom is 0.339 e. The lowest BCUT2D eigenvalue weighted by Gasteiger charge is -2.11. The third-order valence-corrected chi connectivity index (χ3v) is 3.61. The fourth-order valence-electron chi connectivity index (χ4n) is 2.20. The first kappa shape index (κ1) is 15.1. The van der Waals surface area contributed by atoms with Crippen LogP contribution in [0.4, 0.5) is 11.5 Å². The lowest BCUT2D eigenvalue weighted by Crippen LogP contribution is -2.05. The third kappa shape index (κ3) is 3.19. The highest BCUT2D eigenvalue weighted by Crippen LogP contribution is 2.26. The van der Waals surface area contributed by atoms with Gasteiger partial charge in [0.2, 0.25) is 0 Å². The number of fused-ring (bicyclic) bond motifs is 1. The van der Waals surface area contributed by atoms with Crippen molar-refractivity contribution in [2.75, 3.05) is 12.4 Å². The molecule has 1 heterocycles. The van der Waals surface area contributed by atoms with Gasteiger partial charge in [-0.25, -0.2) is 9.78 Å². The Morgan fingerprint density at radius 3 is 2.57 bits per heavy atom. The summed E-state index contributed by atoms with van der Waals surface area (Å²) >= 11 is 5.86. The van der Waals surface area contributed by atoms with Crippen LogP contribution in [0.25, 0.3) is 10.9 Å². The van der Waals surface area contributed by atoms with Crippen LogP contribution in [-0.4, -0.2) is 23.2 Å². The van der Waals surface area contributed by atoms with Crippen molar-refractivity contribution in [1.29, 1.82) is 0 Å². The van der Waals surface area contributed by atoms with Crippen molar-refractivity contribution >= 4 is 40.0 Å². The Balaban J connectivity index is 2.10. The first-order valence-electron chi connectivity index (χ1n) is 6.81. The molecule has 3 aromatic rings. The number of halogens is 1. The second kappa shape index (κ2) is 6.14. The van der Waals surface area contributed by atoms with E-state index in [2.05, 4.69) is 10.3 Å². The summed E-state index contributed by atoms with van der Waals surface area (Å²) in [6.45, 7) is 0. The van der Waals surface area contributed by atoms with Crippen molar-refractivity contribution in [2.45, 2.75) is 0 Å². The fraction of sp³-hybridized carbons (Fsp3) is 0.0588. The van der Waals surface area contributed by atoms with Crippen LogP contribution in [0.15, 0.2) is 48.5 Å². The van der Waals surface area contributed by atoms with Gasteiger partial charge >= 0.3 is 5.97 Å². The number of methoxy groups -OCH3 is 1. The molecule has 23 heavy (non-hydrogen) atoms. The smallest absolute Gasteiger partial charge is 0.339 e. The summed E-state index contributed by atoms with van der Waals surface area (Å²) in [5.74, 6) is -0.127. The van der Waals surface area contributed by atoms with Crippen molar-refractivity contribution in [2.24, 2.45) is 0 Å². The van der Waals surface area contributed by atoms with Gasteiger partial charge in [0.25, 0.3) is 0 Å². The van der Waals surface area contributed by atoms with Crippen LogP contribution in [0.5, 0.6) is 5.75 Å². The second-order valence-electron chi connectivity index (χ2n) is 4.88. The van der Waals surface area contributed by atoms with E-state index in [4.69, 9.17) is 16.3 Å². The summed E-state index contributed by atoms with van der Waals surface area (Å²) in [6.07, 6.45) is 0. The summed E-state index contributed by atoms with van der Waals surface area (Å²) in [6, 6.07) is 13.8. The summed E-state index contributed by atoms with van der Waals surface area (Å²) in [5, 5.41) is 13.8. The molecule has 0 amide bonds. The zero-order valence-electron chi connectivity index (χ0n) is 12.2. The molecule has 0 saturated heterocycles. The highest BCUT2D eigenvalue weighted by atomic mass is 35.5. The number of anilines is 2. The molecule has 0 bridgehead atoms. The Labute approximate surface area is 137 Å². The third-order valence-electron chi connectivity index (χ3n) is 3.36. The first-order chi connectivity index (χ1) is 11.1. The molecule has 2 N–H and O–H groups in total. The van der Waals surface area contributed by atoms with Crippen LogP contribution in [0, 0.1) is 0 Å². The molecule has 3 rings (SSSR count). The van der Waals surface area contributed by atoms with E-state index in [0.29, 0.717) is 22.0 Å². The van der Waals surface area contributed by atoms with E-state index in [0.717, 1.165) is 5.39 Å². The van der Waals surface area contributed by atoms with Gasteiger partial charge in [-0.1, -0.05) is 11.6 Å². The van der Waals surface area contributed by atoms with Gasteiger partial charge in [0.1, 0.15) is 17.1 Å². The van der Waals surface area contributed by atoms with Gasteiger partial charge in [0.05, 0.1) is 12.6 Å². The maximum atomic E-state index is 11.5. The van der Waals surface area contributed by atoms with E-state index in [1.54, 1.807) is 55.6 Å². The Morgan fingerprint density at radius 1 is 1.17 bits per heavy atom. The number of benzene rings is 2. The Hall–Kier alpha value is -2.79. The van der Waals surface area contributed by atoms with Crippen LogP contribution >= 0.6 is 11.6 Å². The fourth-order valence-corrected chi connectivity index (χ4v) is 2.33. The van der Waals surface area contributed by atoms with Gasteiger partial charge in [-0.05, 0) is 42.5 Å². The lowest BCUT2D eigenvalue weighted by atomic mass is 10.1. The highest BCUT2D eigenvalue weighted by Gasteiger charge is 2.14. The summed E-state index contributed by atoms with van der Waals surface area (Å²) in [5.41, 5.74) is 1.44. The number of ether oxygens (including phenoxy) is 1. The molecule has 0 spiro atoms. The van der Waals surface area contributed by atoms with Crippen molar-refractivity contribution in [3.63, 3.8) is 0 Å². The number of nitrogens with zero attached hydrogens (tertiary/aromatic N) is 1. The second-order valence-corrected chi connectivity index (χ2v) is 5.32. The van der Waals surface area contributed by atoms with Crippen molar-refractivity contribution in [3.05, 3.63) is 59.1 Å². The maximum absolute atomic E-state index is 11.5. The Bertz CT molecular complexity index is 879. The average Bonchev–Trinajstić information content (AvgIpc) is 2.55. The van der Waals surface area contributed by atoms with E-state index in [-0.39, 0.29) is 11.4 Å². The monoisotopic (exact) mass is 328 g/mol. The lowest BCUT2D eigenvalue weighted by molar-refractivity contribution is 0.0698. The normalized spacial score (nSPS) is 10.5. The molecule has 5 nitrogen and oxygen atoms in total. The summed E-state index contributed by atoms with van der Waals surface area (Å²) in [7, 11) is 1.57. The minimum absolute atomic E-state index is 0.0950. The van der Waals surface area contributed by atoms with Crippen LogP contribution in [0.3, 0.4) is 0 Å². The zero-order chi connectivity index (χ0) is 16.4. The van der Waals surface area contributed by atoms with Crippen LogP contribution in [0.1, 0.15) is 10.4 Å². The number of aromatic nitrogens is 1. The van der Waals surface area contributed by atoms with Crippen molar-refractivity contribution in [3.8, 4) is 5.75 Å². The molecule has 0 atom stereocenters. The minimum atomic E-state index is -1.05. The van der Waals surface area contributed by atoms with Crippen molar-refractivity contribution in [1.82, 2.24) is 4.98 Å². The van der Waals surface area contributed by atoms with Gasteiger partial charge in [-0.2, -0.15) is 0 Å². The van der Waals surface area contributed by atoms with Gasteiger partial charge in [-0.15, -0.1) is 0 Å². The van der Waals surface area contributed by atoms with E-state index in [1.807, 2.05) is 0 Å². The van der Waals surface area contributed by atoms with Crippen molar-refractivity contribution < 1.29 is 14.6 Å². The molecule has 0 aliphatic heterocycles. The Kier molecular flexibility index (Phi) is 4.04. The zero-order valence-corrected chi connectivity index (χ0v) is 13.0. The van der Waals surface area contributed by atoms with E-state index in [9.17, 15) is 9.90 Å². The number of hydrogen-bond donors (Lipinski definition) is 2. The minimum Gasteiger partial charge on any atom is -0.497 e. The number of nitrogens with one attached hydrogen (secondary N) is 1. The number of carboxylic acid groups (broad SMARTS) is 1. The van der Waals surface area contributed by atoms with Gasteiger partial charge in [0, 0.05) is 22.2 Å². The largest absolute Gasteiger partial charge is 0.497 e. The van der Waals surface area contributed by atoms with Crippen LogP contribution in [-0.2, 0) is 0 Å². The van der Waals surface area contributed by atoms with Gasteiger partial charge < -0.3 is 15.2 Å². The molecule has 0 saturated carbocycles. The first-order valence-corrected chi connectivity index (χ1v) is 7.19. The van der Waals surface area contributed by atoms with Crippen LogP contribution < -0.4 is 10.1 Å². The SMILES string of the molecule is COc1ccc2cc(C(=O)O)c(Nc3ccc(Cl)cc3)nc2c1. The van der Waals surface area contributed by atoms with E-state index in [1.165, 1.54) is 0 Å². The van der Waals surface area contributed by atoms with E-state index < -0.39 is 5.97 Å². The topological polar surface area (TPSA) is 71.5 Å². The Morgan fingerprint density at radius 2 is 1.91 bits per heavy atom. The molecule has 0 fully saturated rings. The van der Waals surface area contributed by atoms with Gasteiger partial charge in [-0.3, -0.25) is 0 Å². The molecule has 6 heteroatoms. The standard InChI is InChI=1S/C17H13ClN2O3/c1-23-13-7-2-10-8-14(17(21)22)16(20-15(10)9-13)19-12-5-3-11(18)4-6-12/h2-9H,1H3,(H,19,20)(H,21,22). The number of rotatable bonds is 4. The highest BCUT2D eigenvalue weighted by molar-refractivity contribution is 6.30. The molecular weight excluding hydrogens is 316 g/mol. The quantitative estimate of drug-likeness (QED) is 0.745. The van der Waals surface area contributed by atoms with E-state index >= 15 is 0 Å². The number of pyridine rings is 1. The molecule has 1 aromatic heterocycles.